The van der Waals surface area contributed by atoms with Gasteiger partial charge in [-0.15, -0.1) is 0 Å². The number of ether oxygens (including phenoxy) is 3. The number of carbonyl (C=O) groups is 2. The van der Waals surface area contributed by atoms with E-state index in [9.17, 15) is 9.59 Å². The molecule has 0 saturated carbocycles. The molecule has 0 amide bonds. The molecular formula is C21H25NO5. The number of aliphatic imine (C=N–C) groups is 1. The molecule has 1 aliphatic carbocycles. The third kappa shape index (κ3) is 3.48. The van der Waals surface area contributed by atoms with Crippen LogP contribution in [0.4, 0.5) is 0 Å². The minimum atomic E-state index is -0.626. The molecule has 1 aliphatic heterocycles. The van der Waals surface area contributed by atoms with Gasteiger partial charge in [0.15, 0.2) is 17.3 Å². The molecule has 0 N–H and O–H groups in total. The maximum absolute atomic E-state index is 12.8. The Kier molecular flexibility index (Phi) is 5.63. The fraction of sp³-hybridized carbons (Fsp3) is 0.476. The van der Waals surface area contributed by atoms with Crippen molar-refractivity contribution in [2.24, 2.45) is 10.9 Å². The van der Waals surface area contributed by atoms with Crippen LogP contribution >= 0.6 is 0 Å². The highest BCUT2D eigenvalue weighted by Gasteiger charge is 2.43. The van der Waals surface area contributed by atoms with E-state index >= 15 is 0 Å². The minimum Gasteiger partial charge on any atom is -0.493 e. The summed E-state index contributed by atoms with van der Waals surface area (Å²) in [6.45, 7) is 4.24. The summed E-state index contributed by atoms with van der Waals surface area (Å²) in [6.07, 6.45) is 2.01. The van der Waals surface area contributed by atoms with E-state index in [1.807, 2.05) is 32.0 Å². The molecule has 2 aliphatic rings. The van der Waals surface area contributed by atoms with Crippen molar-refractivity contribution in [1.29, 1.82) is 0 Å². The van der Waals surface area contributed by atoms with Crippen LogP contribution in [0.2, 0.25) is 0 Å². The van der Waals surface area contributed by atoms with E-state index in [0.29, 0.717) is 35.8 Å². The van der Waals surface area contributed by atoms with E-state index in [1.165, 1.54) is 7.11 Å². The highest BCUT2D eigenvalue weighted by Crippen LogP contribution is 2.45. The van der Waals surface area contributed by atoms with Crippen molar-refractivity contribution in [3.8, 4) is 11.5 Å². The number of hydrogen-bond acceptors (Lipinski definition) is 6. The fourth-order valence-corrected chi connectivity index (χ4v) is 3.95. The molecule has 3 rings (SSSR count). The average molecular weight is 371 g/mol. The van der Waals surface area contributed by atoms with Crippen LogP contribution in [0.1, 0.15) is 44.6 Å². The Morgan fingerprint density at radius 2 is 2.00 bits per heavy atom. The van der Waals surface area contributed by atoms with Crippen molar-refractivity contribution in [3.05, 3.63) is 35.0 Å². The fourth-order valence-electron chi connectivity index (χ4n) is 3.95. The van der Waals surface area contributed by atoms with Crippen molar-refractivity contribution < 1.29 is 23.8 Å². The van der Waals surface area contributed by atoms with Crippen LogP contribution in [0.3, 0.4) is 0 Å². The smallest absolute Gasteiger partial charge is 0.315 e. The Morgan fingerprint density at radius 3 is 2.67 bits per heavy atom. The summed E-state index contributed by atoms with van der Waals surface area (Å²) in [5.74, 6) is -0.189. The number of hydrogen-bond donors (Lipinski definition) is 0. The SMILES string of the molecule is CCOc1ccc([C@H]2C3=C(CCCC3=O)N=C(C)[C@H]2C(=O)OC)cc1OC. The molecule has 1 heterocycles. The first-order valence-corrected chi connectivity index (χ1v) is 9.21. The lowest BCUT2D eigenvalue weighted by molar-refractivity contribution is -0.143. The third-order valence-corrected chi connectivity index (χ3v) is 5.14. The van der Waals surface area contributed by atoms with Crippen LogP contribution in [0.5, 0.6) is 11.5 Å². The van der Waals surface area contributed by atoms with Gasteiger partial charge in [-0.1, -0.05) is 6.07 Å². The van der Waals surface area contributed by atoms with E-state index in [0.717, 1.165) is 24.1 Å². The molecule has 1 aromatic rings. The van der Waals surface area contributed by atoms with Crippen molar-refractivity contribution in [3.63, 3.8) is 0 Å². The second kappa shape index (κ2) is 7.94. The predicted octanol–water partition coefficient (Wildman–Crippen LogP) is 3.45. The summed E-state index contributed by atoms with van der Waals surface area (Å²) in [7, 11) is 2.93. The highest BCUT2D eigenvalue weighted by molar-refractivity contribution is 6.08. The first-order valence-electron chi connectivity index (χ1n) is 9.21. The van der Waals surface area contributed by atoms with E-state index in [1.54, 1.807) is 7.11 Å². The lowest BCUT2D eigenvalue weighted by Crippen LogP contribution is -2.36. The normalized spacial score (nSPS) is 22.1. The number of carbonyl (C=O) groups excluding carboxylic acids is 2. The lowest BCUT2D eigenvalue weighted by Gasteiger charge is -2.34. The molecule has 0 saturated heterocycles. The molecule has 0 bridgehead atoms. The topological polar surface area (TPSA) is 74.2 Å². The average Bonchev–Trinajstić information content (AvgIpc) is 2.67. The summed E-state index contributed by atoms with van der Waals surface area (Å²) in [6, 6.07) is 5.55. The zero-order chi connectivity index (χ0) is 19.6. The number of rotatable bonds is 5. The number of methoxy groups -OCH3 is 2. The van der Waals surface area contributed by atoms with Crippen LogP contribution in [0.15, 0.2) is 34.5 Å². The Bertz CT molecular complexity index is 824. The molecule has 1 aromatic carbocycles. The summed E-state index contributed by atoms with van der Waals surface area (Å²) in [4.78, 5) is 29.9. The molecular weight excluding hydrogens is 346 g/mol. The maximum Gasteiger partial charge on any atom is 0.315 e. The zero-order valence-electron chi connectivity index (χ0n) is 16.2. The minimum absolute atomic E-state index is 0.0549. The van der Waals surface area contributed by atoms with Crippen LogP contribution < -0.4 is 9.47 Å². The molecule has 6 heteroatoms. The molecule has 6 nitrogen and oxygen atoms in total. The summed E-state index contributed by atoms with van der Waals surface area (Å²) >= 11 is 0. The summed E-state index contributed by atoms with van der Waals surface area (Å²) in [5.41, 5.74) is 2.92. The molecule has 0 radical (unpaired) electrons. The van der Waals surface area contributed by atoms with Crippen molar-refractivity contribution >= 4 is 17.5 Å². The van der Waals surface area contributed by atoms with Gasteiger partial charge >= 0.3 is 5.97 Å². The van der Waals surface area contributed by atoms with Crippen molar-refractivity contribution in [2.45, 2.75) is 39.0 Å². The molecule has 0 fully saturated rings. The first kappa shape index (κ1) is 19.1. The quantitative estimate of drug-likeness (QED) is 0.741. The Balaban J connectivity index is 2.16. The van der Waals surface area contributed by atoms with Crippen LogP contribution in [-0.2, 0) is 14.3 Å². The lowest BCUT2D eigenvalue weighted by atomic mass is 9.71. The van der Waals surface area contributed by atoms with Gasteiger partial charge in [0.2, 0.25) is 0 Å². The van der Waals surface area contributed by atoms with Gasteiger partial charge in [-0.3, -0.25) is 14.6 Å². The van der Waals surface area contributed by atoms with Crippen LogP contribution in [0.25, 0.3) is 0 Å². The van der Waals surface area contributed by atoms with Gasteiger partial charge in [0, 0.05) is 29.3 Å². The summed E-state index contributed by atoms with van der Waals surface area (Å²) in [5, 5.41) is 0. The van der Waals surface area contributed by atoms with E-state index < -0.39 is 11.8 Å². The van der Waals surface area contributed by atoms with E-state index in [2.05, 4.69) is 4.99 Å². The van der Waals surface area contributed by atoms with Crippen LogP contribution in [0, 0.1) is 5.92 Å². The largest absolute Gasteiger partial charge is 0.493 e. The predicted molar refractivity (Wildman–Crippen MR) is 101 cm³/mol. The van der Waals surface area contributed by atoms with E-state index in [-0.39, 0.29) is 11.8 Å². The van der Waals surface area contributed by atoms with Crippen LogP contribution in [-0.4, -0.2) is 38.3 Å². The molecule has 0 aromatic heterocycles. The second-order valence-electron chi connectivity index (χ2n) is 6.71. The number of nitrogens with zero attached hydrogens (tertiary/aromatic N) is 1. The molecule has 0 spiro atoms. The van der Waals surface area contributed by atoms with Gasteiger partial charge in [-0.2, -0.15) is 0 Å². The van der Waals surface area contributed by atoms with Gasteiger partial charge in [0.1, 0.15) is 5.92 Å². The monoisotopic (exact) mass is 371 g/mol. The molecule has 0 unspecified atom stereocenters. The Morgan fingerprint density at radius 1 is 1.22 bits per heavy atom. The number of esters is 1. The molecule has 27 heavy (non-hydrogen) atoms. The number of Topliss-reactive ketones (excluding diaryl/α,β-unsaturated/α-hetero) is 1. The maximum atomic E-state index is 12.8. The second-order valence-corrected chi connectivity index (χ2v) is 6.71. The zero-order valence-corrected chi connectivity index (χ0v) is 16.2. The summed E-state index contributed by atoms with van der Waals surface area (Å²) < 4.78 is 16.1. The Labute approximate surface area is 159 Å². The number of allylic oxidation sites excluding steroid dienone is 2. The van der Waals surface area contributed by atoms with Crippen molar-refractivity contribution in [2.75, 3.05) is 20.8 Å². The number of benzene rings is 1. The van der Waals surface area contributed by atoms with Gasteiger partial charge in [-0.25, -0.2) is 0 Å². The van der Waals surface area contributed by atoms with Gasteiger partial charge in [-0.05, 0) is 44.4 Å². The molecule has 2 atom stereocenters. The van der Waals surface area contributed by atoms with E-state index in [4.69, 9.17) is 14.2 Å². The Hall–Kier alpha value is -2.63. The van der Waals surface area contributed by atoms with Gasteiger partial charge in [0.25, 0.3) is 0 Å². The number of ketones is 1. The highest BCUT2D eigenvalue weighted by atomic mass is 16.5. The van der Waals surface area contributed by atoms with Crippen molar-refractivity contribution in [1.82, 2.24) is 0 Å². The van der Waals surface area contributed by atoms with Gasteiger partial charge in [0.05, 0.1) is 20.8 Å². The third-order valence-electron chi connectivity index (χ3n) is 5.14. The molecule has 144 valence electrons. The first-order chi connectivity index (χ1) is 13.0. The van der Waals surface area contributed by atoms with Gasteiger partial charge < -0.3 is 14.2 Å². The standard InChI is InChI=1S/C21H25NO5/c1-5-27-16-10-9-13(11-17(16)25-3)19-18(21(24)26-4)12(2)22-14-7-6-8-15(23)20(14)19/h9-11,18-19H,5-8H2,1-4H3/t18-,19-/m1/s1.